The summed E-state index contributed by atoms with van der Waals surface area (Å²) in [5, 5.41) is 0. The fourth-order valence-corrected chi connectivity index (χ4v) is 4.87. The summed E-state index contributed by atoms with van der Waals surface area (Å²) in [6.45, 7) is 5.92. The van der Waals surface area contributed by atoms with Crippen LogP contribution in [-0.4, -0.2) is 14.5 Å². The van der Waals surface area contributed by atoms with Crippen LogP contribution in [0.5, 0.6) is 0 Å². The van der Waals surface area contributed by atoms with Crippen molar-refractivity contribution in [2.24, 2.45) is 5.92 Å². The van der Waals surface area contributed by atoms with Crippen molar-refractivity contribution in [3.8, 4) is 0 Å². The Morgan fingerprint density at radius 3 is 2.38 bits per heavy atom. The van der Waals surface area contributed by atoms with E-state index in [4.69, 9.17) is 5.73 Å². The van der Waals surface area contributed by atoms with Gasteiger partial charge in [0.1, 0.15) is 4.90 Å². The Labute approximate surface area is 128 Å². The fourth-order valence-electron chi connectivity index (χ4n) is 3.13. The molecule has 0 aromatic heterocycles. The molecule has 0 atom stereocenters. The molecule has 1 aliphatic carbocycles. The molecule has 3 N–H and O–H groups in total. The van der Waals surface area contributed by atoms with Gasteiger partial charge < -0.3 is 5.73 Å². The Bertz CT molecular complexity index is 603. The molecule has 1 fully saturated rings. The predicted octanol–water partition coefficient (Wildman–Crippen LogP) is 3.13. The van der Waals surface area contributed by atoms with Gasteiger partial charge in [-0.1, -0.05) is 19.4 Å². The lowest BCUT2D eigenvalue weighted by atomic mass is 9.85. The second-order valence-corrected chi connectivity index (χ2v) is 7.82. The molecule has 0 heterocycles. The first kappa shape index (κ1) is 16.3. The lowest BCUT2D eigenvalue weighted by Gasteiger charge is -2.28. The molecular formula is C16H26N2O2S. The summed E-state index contributed by atoms with van der Waals surface area (Å²) in [6.07, 6.45) is 5.23. The van der Waals surface area contributed by atoms with Gasteiger partial charge in [-0.3, -0.25) is 0 Å². The molecular weight excluding hydrogens is 284 g/mol. The molecule has 1 aromatic rings. The lowest BCUT2D eigenvalue weighted by Crippen LogP contribution is -2.38. The maximum Gasteiger partial charge on any atom is 0.243 e. The maximum absolute atomic E-state index is 12.7. The van der Waals surface area contributed by atoms with Crippen LogP contribution in [-0.2, 0) is 10.0 Å². The Morgan fingerprint density at radius 2 is 1.81 bits per heavy atom. The smallest absolute Gasteiger partial charge is 0.243 e. The Hall–Kier alpha value is -1.07. The quantitative estimate of drug-likeness (QED) is 0.839. The summed E-state index contributed by atoms with van der Waals surface area (Å²) in [5.74, 6) is 0.747. The number of hydrogen-bond donors (Lipinski definition) is 2. The molecule has 0 bridgehead atoms. The Balaban J connectivity index is 2.18. The third kappa shape index (κ3) is 3.58. The van der Waals surface area contributed by atoms with Crippen molar-refractivity contribution in [1.82, 2.24) is 4.72 Å². The van der Waals surface area contributed by atoms with Gasteiger partial charge in [0.2, 0.25) is 10.0 Å². The van der Waals surface area contributed by atoms with Crippen molar-refractivity contribution in [2.75, 3.05) is 5.73 Å². The van der Waals surface area contributed by atoms with Gasteiger partial charge in [-0.2, -0.15) is 0 Å². The first-order chi connectivity index (χ1) is 9.85. The SMILES string of the molecule is CCC1CCC(NS(=O)(=O)c2c(N)ccc(C)c2C)CC1. The highest BCUT2D eigenvalue weighted by atomic mass is 32.2. The monoisotopic (exact) mass is 310 g/mol. The summed E-state index contributed by atoms with van der Waals surface area (Å²) in [4.78, 5) is 0.250. The minimum absolute atomic E-state index is 0.0390. The number of nitrogens with one attached hydrogen (secondary N) is 1. The van der Waals surface area contributed by atoms with Crippen molar-refractivity contribution in [3.05, 3.63) is 23.3 Å². The second-order valence-electron chi connectivity index (χ2n) is 6.17. The van der Waals surface area contributed by atoms with E-state index in [-0.39, 0.29) is 10.9 Å². The van der Waals surface area contributed by atoms with Crippen molar-refractivity contribution in [1.29, 1.82) is 0 Å². The van der Waals surface area contributed by atoms with Gasteiger partial charge in [0.05, 0.1) is 5.69 Å². The zero-order valence-corrected chi connectivity index (χ0v) is 14.0. The van der Waals surface area contributed by atoms with Crippen LogP contribution in [0.15, 0.2) is 17.0 Å². The highest BCUT2D eigenvalue weighted by Gasteiger charge is 2.27. The number of anilines is 1. The van der Waals surface area contributed by atoms with Crippen LogP contribution in [0.3, 0.4) is 0 Å². The average Bonchev–Trinajstić information content (AvgIpc) is 2.43. The number of rotatable bonds is 4. The van der Waals surface area contributed by atoms with Gasteiger partial charge >= 0.3 is 0 Å². The molecule has 118 valence electrons. The largest absolute Gasteiger partial charge is 0.398 e. The van der Waals surface area contributed by atoms with E-state index in [0.29, 0.717) is 5.69 Å². The lowest BCUT2D eigenvalue weighted by molar-refractivity contribution is 0.306. The minimum Gasteiger partial charge on any atom is -0.398 e. The number of benzene rings is 1. The summed E-state index contributed by atoms with van der Waals surface area (Å²) >= 11 is 0. The number of aryl methyl sites for hydroxylation is 1. The fraction of sp³-hybridized carbons (Fsp3) is 0.625. The number of sulfonamides is 1. The van der Waals surface area contributed by atoms with Crippen molar-refractivity contribution in [3.63, 3.8) is 0 Å². The van der Waals surface area contributed by atoms with Crippen molar-refractivity contribution in [2.45, 2.75) is 63.8 Å². The molecule has 21 heavy (non-hydrogen) atoms. The third-order valence-electron chi connectivity index (χ3n) is 4.72. The van der Waals surface area contributed by atoms with E-state index in [1.165, 1.54) is 6.42 Å². The van der Waals surface area contributed by atoms with Gasteiger partial charge in [-0.25, -0.2) is 13.1 Å². The second kappa shape index (κ2) is 6.36. The van der Waals surface area contributed by atoms with E-state index in [2.05, 4.69) is 11.6 Å². The molecule has 1 saturated carbocycles. The van der Waals surface area contributed by atoms with E-state index in [1.807, 2.05) is 19.9 Å². The Kier molecular flexibility index (Phi) is 4.94. The zero-order valence-electron chi connectivity index (χ0n) is 13.1. The van der Waals surface area contributed by atoms with Crippen LogP contribution in [0.25, 0.3) is 0 Å². The first-order valence-corrected chi connectivity index (χ1v) is 9.21. The molecule has 0 saturated heterocycles. The van der Waals surface area contributed by atoms with Crippen molar-refractivity contribution >= 4 is 15.7 Å². The molecule has 0 amide bonds. The highest BCUT2D eigenvalue weighted by Crippen LogP contribution is 2.29. The Morgan fingerprint density at radius 1 is 1.19 bits per heavy atom. The molecule has 0 unspecified atom stereocenters. The zero-order chi connectivity index (χ0) is 15.6. The van der Waals surface area contributed by atoms with E-state index in [0.717, 1.165) is 42.7 Å². The minimum atomic E-state index is -3.54. The van der Waals surface area contributed by atoms with Crippen molar-refractivity contribution < 1.29 is 8.42 Å². The van der Waals surface area contributed by atoms with Crippen LogP contribution in [0.2, 0.25) is 0 Å². The van der Waals surface area contributed by atoms with Crippen LogP contribution in [0.4, 0.5) is 5.69 Å². The average molecular weight is 310 g/mol. The van der Waals surface area contributed by atoms with Crippen LogP contribution < -0.4 is 10.5 Å². The molecule has 5 heteroatoms. The number of nitrogen functional groups attached to an aromatic ring is 1. The number of hydrogen-bond acceptors (Lipinski definition) is 3. The standard InChI is InChI=1S/C16H26N2O2S/c1-4-13-6-8-14(9-7-13)18-21(19,20)16-12(3)11(2)5-10-15(16)17/h5,10,13-14,18H,4,6-9,17H2,1-3H3. The van der Waals surface area contributed by atoms with Crippen LogP contribution >= 0.6 is 0 Å². The summed E-state index contributed by atoms with van der Waals surface area (Å²) in [5.41, 5.74) is 7.92. The normalized spacial score (nSPS) is 23.2. The highest BCUT2D eigenvalue weighted by molar-refractivity contribution is 7.89. The first-order valence-electron chi connectivity index (χ1n) is 7.73. The van der Waals surface area contributed by atoms with E-state index in [9.17, 15) is 8.42 Å². The molecule has 0 aliphatic heterocycles. The van der Waals surface area contributed by atoms with Crippen LogP contribution in [0, 0.1) is 19.8 Å². The molecule has 1 aliphatic rings. The summed E-state index contributed by atoms with van der Waals surface area (Å²) < 4.78 is 28.2. The summed E-state index contributed by atoms with van der Waals surface area (Å²) in [7, 11) is -3.54. The molecule has 4 nitrogen and oxygen atoms in total. The van der Waals surface area contributed by atoms with Gasteiger partial charge in [0.15, 0.2) is 0 Å². The molecule has 2 rings (SSSR count). The predicted molar refractivity (Wildman–Crippen MR) is 86.7 cm³/mol. The molecule has 0 radical (unpaired) electrons. The van der Waals surface area contributed by atoms with E-state index in [1.54, 1.807) is 6.07 Å². The van der Waals surface area contributed by atoms with Gasteiger partial charge in [0.25, 0.3) is 0 Å². The maximum atomic E-state index is 12.7. The van der Waals surface area contributed by atoms with Crippen LogP contribution in [0.1, 0.15) is 50.2 Å². The van der Waals surface area contributed by atoms with E-state index < -0.39 is 10.0 Å². The number of nitrogens with two attached hydrogens (primary N) is 1. The van der Waals surface area contributed by atoms with Gasteiger partial charge in [-0.05, 0) is 62.6 Å². The molecule has 0 spiro atoms. The third-order valence-corrected chi connectivity index (χ3v) is 6.44. The summed E-state index contributed by atoms with van der Waals surface area (Å²) in [6, 6.07) is 3.57. The van der Waals surface area contributed by atoms with E-state index >= 15 is 0 Å². The molecule has 1 aromatic carbocycles. The topological polar surface area (TPSA) is 72.2 Å². The van der Waals surface area contributed by atoms with Gasteiger partial charge in [0, 0.05) is 6.04 Å². The van der Waals surface area contributed by atoms with Gasteiger partial charge in [-0.15, -0.1) is 0 Å².